The summed E-state index contributed by atoms with van der Waals surface area (Å²) in [6.07, 6.45) is 1.48. The molecule has 6 nitrogen and oxygen atoms in total. The summed E-state index contributed by atoms with van der Waals surface area (Å²) < 4.78 is 0. The van der Waals surface area contributed by atoms with Crippen molar-refractivity contribution in [3.63, 3.8) is 0 Å². The zero-order chi connectivity index (χ0) is 17.9. The van der Waals surface area contributed by atoms with Crippen molar-refractivity contribution in [2.45, 2.75) is 18.7 Å². The van der Waals surface area contributed by atoms with Gasteiger partial charge in [-0.3, -0.25) is 10.1 Å². The van der Waals surface area contributed by atoms with Gasteiger partial charge in [-0.15, -0.1) is 5.75 Å². The molecule has 2 rings (SSSR count). The number of nitro benzene ring substituents is 1. The lowest BCUT2D eigenvalue weighted by atomic mass is 10.1. The van der Waals surface area contributed by atoms with Crippen molar-refractivity contribution in [3.05, 3.63) is 68.1 Å². The van der Waals surface area contributed by atoms with Gasteiger partial charge in [0.25, 0.3) is 5.69 Å². The van der Waals surface area contributed by atoms with Gasteiger partial charge in [-0.05, 0) is 37.6 Å². The van der Waals surface area contributed by atoms with Gasteiger partial charge in [0.2, 0.25) is 0 Å². The number of carboxylic acids is 1. The van der Waals surface area contributed by atoms with Crippen LogP contribution in [0.4, 0.5) is 5.69 Å². The summed E-state index contributed by atoms with van der Waals surface area (Å²) in [7, 11) is 0. The van der Waals surface area contributed by atoms with Crippen LogP contribution in [0.5, 0.6) is 5.75 Å². The average molecular weight is 344 g/mol. The van der Waals surface area contributed by atoms with Gasteiger partial charge in [0.05, 0.1) is 9.83 Å². The highest BCUT2D eigenvalue weighted by atomic mass is 32.2. The van der Waals surface area contributed by atoms with Gasteiger partial charge >= 0.3 is 5.97 Å². The van der Waals surface area contributed by atoms with Crippen LogP contribution in [-0.4, -0.2) is 16.0 Å². The first-order valence-corrected chi connectivity index (χ1v) is 7.75. The molecule has 0 heterocycles. The maximum atomic E-state index is 11.7. The van der Waals surface area contributed by atoms with Crippen molar-refractivity contribution >= 4 is 29.5 Å². The Morgan fingerprint density at radius 2 is 1.71 bits per heavy atom. The van der Waals surface area contributed by atoms with Crippen molar-refractivity contribution in [1.29, 1.82) is 0 Å². The minimum absolute atomic E-state index is 0.0568. The largest absolute Gasteiger partial charge is 0.872 e. The molecule has 0 amide bonds. The standard InChI is InChI=1S/C17H15NO5S/c1-10-7-12(8-11(2)16(10)19)9-15(17(20)21)24-14-5-3-13(4-6-14)18(22)23/h3-9,19H,1-2H3,(H,20,21)/p-1/b15-9+. The van der Waals surface area contributed by atoms with Crippen LogP contribution in [0.2, 0.25) is 0 Å². The molecule has 7 heteroatoms. The third-order valence-electron chi connectivity index (χ3n) is 3.27. The molecule has 0 saturated carbocycles. The highest BCUT2D eigenvalue weighted by Gasteiger charge is 2.12. The van der Waals surface area contributed by atoms with E-state index < -0.39 is 10.9 Å². The number of nitrogens with zero attached hydrogens (tertiary/aromatic N) is 1. The topological polar surface area (TPSA) is 104 Å². The van der Waals surface area contributed by atoms with Crippen LogP contribution in [-0.2, 0) is 4.79 Å². The van der Waals surface area contributed by atoms with Crippen LogP contribution >= 0.6 is 11.8 Å². The Balaban J connectivity index is 2.32. The number of hydrogen-bond donors (Lipinski definition) is 1. The first kappa shape index (κ1) is 17.6. The summed E-state index contributed by atoms with van der Waals surface area (Å²) >= 11 is 0.989. The Hall–Kier alpha value is -2.80. The fourth-order valence-corrected chi connectivity index (χ4v) is 2.92. The fraction of sp³-hybridized carbons (Fsp3) is 0.118. The smallest absolute Gasteiger partial charge is 0.342 e. The number of benzene rings is 2. The summed E-state index contributed by atoms with van der Waals surface area (Å²) in [4.78, 5) is 22.2. The molecule has 24 heavy (non-hydrogen) atoms. The number of aryl methyl sites for hydroxylation is 2. The molecule has 0 unspecified atom stereocenters. The van der Waals surface area contributed by atoms with E-state index in [4.69, 9.17) is 0 Å². The van der Waals surface area contributed by atoms with Crippen LogP contribution in [0.1, 0.15) is 16.7 Å². The molecule has 0 saturated heterocycles. The molecule has 0 aliphatic heterocycles. The second kappa shape index (κ2) is 7.18. The maximum Gasteiger partial charge on any atom is 0.342 e. The van der Waals surface area contributed by atoms with E-state index in [1.165, 1.54) is 30.3 Å². The van der Waals surface area contributed by atoms with Crippen LogP contribution in [0, 0.1) is 24.0 Å². The number of thioether (sulfide) groups is 1. The zero-order valence-electron chi connectivity index (χ0n) is 13.0. The second-order valence-corrected chi connectivity index (χ2v) is 6.27. The number of aliphatic carboxylic acids is 1. The molecule has 0 aliphatic rings. The van der Waals surface area contributed by atoms with E-state index >= 15 is 0 Å². The third-order valence-corrected chi connectivity index (χ3v) is 4.29. The van der Waals surface area contributed by atoms with E-state index in [-0.39, 0.29) is 16.3 Å². The predicted molar refractivity (Wildman–Crippen MR) is 89.9 cm³/mol. The van der Waals surface area contributed by atoms with Crippen molar-refractivity contribution < 1.29 is 19.9 Å². The molecule has 0 spiro atoms. The van der Waals surface area contributed by atoms with Gasteiger partial charge in [0.1, 0.15) is 0 Å². The van der Waals surface area contributed by atoms with Crippen LogP contribution < -0.4 is 5.11 Å². The van der Waals surface area contributed by atoms with Crippen LogP contribution in [0.3, 0.4) is 0 Å². The molecule has 0 bridgehead atoms. The number of carbonyl (C=O) groups is 1. The van der Waals surface area contributed by atoms with Gasteiger partial charge in [-0.25, -0.2) is 4.79 Å². The molecule has 2 aromatic carbocycles. The van der Waals surface area contributed by atoms with E-state index in [1.54, 1.807) is 26.0 Å². The molecule has 0 aliphatic carbocycles. The summed E-state index contributed by atoms with van der Waals surface area (Å²) in [5.74, 6) is -1.17. The van der Waals surface area contributed by atoms with Crippen molar-refractivity contribution in [3.8, 4) is 5.75 Å². The molecule has 0 aromatic heterocycles. The van der Waals surface area contributed by atoms with Gasteiger partial charge < -0.3 is 10.2 Å². The molecule has 0 radical (unpaired) electrons. The van der Waals surface area contributed by atoms with E-state index in [0.29, 0.717) is 21.6 Å². The summed E-state index contributed by atoms with van der Waals surface area (Å²) in [5.41, 5.74) is 1.66. The van der Waals surface area contributed by atoms with Gasteiger partial charge in [0.15, 0.2) is 0 Å². The van der Waals surface area contributed by atoms with Gasteiger partial charge in [-0.2, -0.15) is 0 Å². The Morgan fingerprint density at radius 1 is 1.17 bits per heavy atom. The van der Waals surface area contributed by atoms with E-state index in [9.17, 15) is 25.1 Å². The van der Waals surface area contributed by atoms with Gasteiger partial charge in [0, 0.05) is 17.0 Å². The third kappa shape index (κ3) is 4.14. The summed E-state index contributed by atoms with van der Waals surface area (Å²) in [6.45, 7) is 3.35. The predicted octanol–water partition coefficient (Wildman–Crippen LogP) is 3.50. The minimum Gasteiger partial charge on any atom is -0.872 e. The molecular formula is C17H14NO5S-. The Bertz CT molecular complexity index is 804. The van der Waals surface area contributed by atoms with Crippen LogP contribution in [0.25, 0.3) is 6.08 Å². The molecule has 1 N–H and O–H groups in total. The Kier molecular flexibility index (Phi) is 5.25. The second-order valence-electron chi connectivity index (χ2n) is 5.15. The van der Waals surface area contributed by atoms with Crippen molar-refractivity contribution in [2.24, 2.45) is 0 Å². The number of non-ortho nitro benzene ring substituents is 1. The number of carboxylic acid groups (broad SMARTS) is 1. The quantitative estimate of drug-likeness (QED) is 0.385. The van der Waals surface area contributed by atoms with E-state index in [2.05, 4.69) is 0 Å². The van der Waals surface area contributed by atoms with Gasteiger partial charge in [-0.1, -0.05) is 35.0 Å². The molecular weight excluding hydrogens is 330 g/mol. The normalized spacial score (nSPS) is 11.3. The number of nitro groups is 1. The maximum absolute atomic E-state index is 11.7. The highest BCUT2D eigenvalue weighted by molar-refractivity contribution is 8.04. The van der Waals surface area contributed by atoms with Crippen LogP contribution in [0.15, 0.2) is 46.2 Å². The number of hydrogen-bond acceptors (Lipinski definition) is 5. The first-order valence-electron chi connectivity index (χ1n) is 6.93. The molecule has 0 fully saturated rings. The van der Waals surface area contributed by atoms with Crippen molar-refractivity contribution in [2.75, 3.05) is 0 Å². The Labute approximate surface area is 142 Å². The average Bonchev–Trinajstić information content (AvgIpc) is 2.52. The lowest BCUT2D eigenvalue weighted by Gasteiger charge is -2.15. The highest BCUT2D eigenvalue weighted by Crippen LogP contribution is 2.31. The van der Waals surface area contributed by atoms with E-state index in [0.717, 1.165) is 11.8 Å². The molecule has 2 aromatic rings. The summed E-state index contributed by atoms with van der Waals surface area (Å²) in [6, 6.07) is 8.90. The SMILES string of the molecule is Cc1cc(/C=C(/Sc2ccc([N+](=O)[O-])cc2)C(=O)O)cc(C)c1[O-]. The first-order chi connectivity index (χ1) is 11.3. The Morgan fingerprint density at radius 3 is 2.17 bits per heavy atom. The molecule has 0 atom stereocenters. The van der Waals surface area contributed by atoms with E-state index in [1.807, 2.05) is 0 Å². The summed E-state index contributed by atoms with van der Waals surface area (Å²) in [5, 5.41) is 31.7. The lowest BCUT2D eigenvalue weighted by Crippen LogP contribution is -1.99. The minimum atomic E-state index is -1.11. The lowest BCUT2D eigenvalue weighted by molar-refractivity contribution is -0.384. The monoisotopic (exact) mass is 344 g/mol. The van der Waals surface area contributed by atoms with Crippen molar-refractivity contribution in [1.82, 2.24) is 0 Å². The zero-order valence-corrected chi connectivity index (χ0v) is 13.8. The molecule has 124 valence electrons. The number of rotatable bonds is 5. The fourth-order valence-electron chi connectivity index (χ4n) is 2.12.